The van der Waals surface area contributed by atoms with Gasteiger partial charge in [0.15, 0.2) is 0 Å². The zero-order valence-corrected chi connectivity index (χ0v) is 8.81. The number of hydrogen-bond donors (Lipinski definition) is 1. The molecule has 0 bridgehead atoms. The van der Waals surface area contributed by atoms with Crippen LogP contribution in [0.4, 0.5) is 0 Å². The van der Waals surface area contributed by atoms with Crippen molar-refractivity contribution in [2.45, 2.75) is 57.6 Å². The van der Waals surface area contributed by atoms with Gasteiger partial charge in [0.05, 0.1) is 5.60 Å². The fourth-order valence-electron chi connectivity index (χ4n) is 2.62. The van der Waals surface area contributed by atoms with Crippen LogP contribution in [0.1, 0.15) is 46.0 Å². The van der Waals surface area contributed by atoms with Crippen LogP contribution in [-0.2, 0) is 4.74 Å². The van der Waals surface area contributed by atoms with Crippen LogP contribution >= 0.6 is 0 Å². The van der Waals surface area contributed by atoms with Crippen LogP contribution in [0.2, 0.25) is 0 Å². The summed E-state index contributed by atoms with van der Waals surface area (Å²) in [6.07, 6.45) is 5.92. The summed E-state index contributed by atoms with van der Waals surface area (Å²) < 4.78 is 5.86. The van der Waals surface area contributed by atoms with E-state index in [1.165, 1.54) is 25.7 Å². The predicted molar refractivity (Wildman–Crippen MR) is 53.5 cm³/mol. The molecule has 1 saturated heterocycles. The van der Waals surface area contributed by atoms with E-state index in [1.54, 1.807) is 0 Å². The lowest BCUT2D eigenvalue weighted by Crippen LogP contribution is -2.48. The second-order valence-electron chi connectivity index (χ2n) is 5.47. The number of ether oxygens (including phenoxy) is 1. The molecule has 1 aliphatic heterocycles. The minimum Gasteiger partial charge on any atom is -0.373 e. The molecule has 0 radical (unpaired) electrons. The third-order valence-corrected chi connectivity index (χ3v) is 3.94. The van der Waals surface area contributed by atoms with E-state index in [-0.39, 0.29) is 5.60 Å². The van der Waals surface area contributed by atoms with Crippen molar-refractivity contribution in [1.29, 1.82) is 0 Å². The third kappa shape index (κ3) is 1.62. The quantitative estimate of drug-likeness (QED) is 0.624. The first-order valence-corrected chi connectivity index (χ1v) is 5.44. The number of rotatable bonds is 0. The fraction of sp³-hybridized carbons (Fsp3) is 1.00. The highest BCUT2D eigenvalue weighted by Crippen LogP contribution is 2.45. The van der Waals surface area contributed by atoms with Crippen molar-refractivity contribution in [2.75, 3.05) is 6.61 Å². The second-order valence-corrected chi connectivity index (χ2v) is 5.47. The van der Waals surface area contributed by atoms with Crippen LogP contribution < -0.4 is 5.73 Å². The van der Waals surface area contributed by atoms with Gasteiger partial charge >= 0.3 is 0 Å². The van der Waals surface area contributed by atoms with Crippen molar-refractivity contribution >= 4 is 0 Å². The summed E-state index contributed by atoms with van der Waals surface area (Å²) >= 11 is 0. The first-order valence-electron chi connectivity index (χ1n) is 5.44. The van der Waals surface area contributed by atoms with E-state index in [0.29, 0.717) is 11.5 Å². The summed E-state index contributed by atoms with van der Waals surface area (Å²) in [4.78, 5) is 0. The van der Waals surface area contributed by atoms with Gasteiger partial charge in [-0.3, -0.25) is 0 Å². The van der Waals surface area contributed by atoms with Crippen LogP contribution in [0.3, 0.4) is 0 Å². The van der Waals surface area contributed by atoms with E-state index < -0.39 is 0 Å². The highest BCUT2D eigenvalue weighted by atomic mass is 16.5. The number of nitrogens with two attached hydrogens (primary N) is 1. The summed E-state index contributed by atoms with van der Waals surface area (Å²) in [5.74, 6) is 0. The lowest BCUT2D eigenvalue weighted by molar-refractivity contribution is -0.0548. The Morgan fingerprint density at radius 2 is 1.77 bits per heavy atom. The predicted octanol–water partition coefficient (Wildman–Crippen LogP) is 2.07. The van der Waals surface area contributed by atoms with Gasteiger partial charge in [0.1, 0.15) is 0 Å². The standard InChI is InChI=1S/C11H21NO/c1-10(2)4-6-11(7-5-10)9(12)3-8-13-11/h9H,3-8,12H2,1-2H3. The van der Waals surface area contributed by atoms with Crippen LogP contribution in [-0.4, -0.2) is 18.2 Å². The highest BCUT2D eigenvalue weighted by Gasteiger charge is 2.46. The Morgan fingerprint density at radius 1 is 1.15 bits per heavy atom. The summed E-state index contributed by atoms with van der Waals surface area (Å²) in [5.41, 5.74) is 6.68. The Hall–Kier alpha value is -0.0800. The lowest BCUT2D eigenvalue weighted by Gasteiger charge is -2.42. The third-order valence-electron chi connectivity index (χ3n) is 3.94. The van der Waals surface area contributed by atoms with Crippen molar-refractivity contribution in [3.63, 3.8) is 0 Å². The van der Waals surface area contributed by atoms with Gasteiger partial charge in [-0.1, -0.05) is 13.8 Å². The van der Waals surface area contributed by atoms with E-state index in [2.05, 4.69) is 13.8 Å². The maximum absolute atomic E-state index is 6.11. The van der Waals surface area contributed by atoms with Crippen LogP contribution in [0, 0.1) is 5.41 Å². The van der Waals surface area contributed by atoms with Crippen LogP contribution in [0.5, 0.6) is 0 Å². The molecule has 2 heteroatoms. The SMILES string of the molecule is CC1(C)CCC2(CC1)OCCC2N. The topological polar surface area (TPSA) is 35.2 Å². The zero-order valence-electron chi connectivity index (χ0n) is 8.81. The number of hydrogen-bond acceptors (Lipinski definition) is 2. The molecule has 2 aliphatic rings. The van der Waals surface area contributed by atoms with Gasteiger partial charge in [0, 0.05) is 12.6 Å². The highest BCUT2D eigenvalue weighted by molar-refractivity contribution is 5.00. The minimum atomic E-state index is 0.0650. The maximum atomic E-state index is 6.11. The molecule has 2 nitrogen and oxygen atoms in total. The maximum Gasteiger partial charge on any atom is 0.0833 e. The minimum absolute atomic E-state index is 0.0650. The molecule has 2 rings (SSSR count). The normalized spacial score (nSPS) is 36.7. The van der Waals surface area contributed by atoms with E-state index >= 15 is 0 Å². The molecule has 0 aromatic carbocycles. The molecule has 1 saturated carbocycles. The first kappa shape index (κ1) is 9.47. The largest absolute Gasteiger partial charge is 0.373 e. The molecule has 1 unspecified atom stereocenters. The Morgan fingerprint density at radius 3 is 2.23 bits per heavy atom. The Bertz CT molecular complexity index is 190. The molecular formula is C11H21NO. The monoisotopic (exact) mass is 183 g/mol. The molecule has 76 valence electrons. The van der Waals surface area contributed by atoms with Gasteiger partial charge in [-0.15, -0.1) is 0 Å². The summed E-state index contributed by atoms with van der Waals surface area (Å²) in [5, 5.41) is 0. The molecule has 2 N–H and O–H groups in total. The van der Waals surface area contributed by atoms with Crippen LogP contribution in [0.25, 0.3) is 0 Å². The van der Waals surface area contributed by atoms with Gasteiger partial charge in [0.2, 0.25) is 0 Å². The average Bonchev–Trinajstić information content (AvgIpc) is 2.41. The van der Waals surface area contributed by atoms with Crippen molar-refractivity contribution in [3.05, 3.63) is 0 Å². The molecule has 2 fully saturated rings. The molecular weight excluding hydrogens is 162 g/mol. The molecule has 0 aromatic heterocycles. The van der Waals surface area contributed by atoms with Gasteiger partial charge in [-0.2, -0.15) is 0 Å². The van der Waals surface area contributed by atoms with Crippen molar-refractivity contribution in [1.82, 2.24) is 0 Å². The van der Waals surface area contributed by atoms with Crippen molar-refractivity contribution in [2.24, 2.45) is 11.1 Å². The van der Waals surface area contributed by atoms with E-state index in [9.17, 15) is 0 Å². The molecule has 0 aromatic rings. The van der Waals surface area contributed by atoms with E-state index in [0.717, 1.165) is 13.0 Å². The van der Waals surface area contributed by atoms with E-state index in [4.69, 9.17) is 10.5 Å². The van der Waals surface area contributed by atoms with Gasteiger partial charge in [-0.25, -0.2) is 0 Å². The molecule has 13 heavy (non-hydrogen) atoms. The zero-order chi connectivity index (χ0) is 9.53. The lowest BCUT2D eigenvalue weighted by atomic mass is 9.69. The Labute approximate surface area is 80.8 Å². The first-order chi connectivity index (χ1) is 6.04. The van der Waals surface area contributed by atoms with E-state index in [1.807, 2.05) is 0 Å². The molecule has 1 aliphatic carbocycles. The fourth-order valence-corrected chi connectivity index (χ4v) is 2.62. The van der Waals surface area contributed by atoms with Crippen molar-refractivity contribution < 1.29 is 4.74 Å². The molecule has 0 amide bonds. The Balaban J connectivity index is 2.04. The molecule has 1 atom stereocenters. The van der Waals surface area contributed by atoms with Crippen molar-refractivity contribution in [3.8, 4) is 0 Å². The molecule has 1 spiro atoms. The van der Waals surface area contributed by atoms with Gasteiger partial charge in [0.25, 0.3) is 0 Å². The molecule has 1 heterocycles. The summed E-state index contributed by atoms with van der Waals surface area (Å²) in [6, 6.07) is 0.295. The second kappa shape index (κ2) is 2.96. The Kier molecular flexibility index (Phi) is 2.16. The van der Waals surface area contributed by atoms with Crippen LogP contribution in [0.15, 0.2) is 0 Å². The average molecular weight is 183 g/mol. The van der Waals surface area contributed by atoms with Gasteiger partial charge < -0.3 is 10.5 Å². The summed E-state index contributed by atoms with van der Waals surface area (Å²) in [6.45, 7) is 5.57. The summed E-state index contributed by atoms with van der Waals surface area (Å²) in [7, 11) is 0. The van der Waals surface area contributed by atoms with Gasteiger partial charge in [-0.05, 0) is 37.5 Å². The smallest absolute Gasteiger partial charge is 0.0833 e.